The van der Waals surface area contributed by atoms with Gasteiger partial charge in [0.2, 0.25) is 0 Å². The van der Waals surface area contributed by atoms with Gasteiger partial charge >= 0.3 is 0 Å². The Kier molecular flexibility index (Phi) is 8.02. The second kappa shape index (κ2) is 10.5. The first-order chi connectivity index (χ1) is 13.4. The summed E-state index contributed by atoms with van der Waals surface area (Å²) in [6.45, 7) is 7.19. The van der Waals surface area contributed by atoms with Gasteiger partial charge in [0.05, 0.1) is 19.3 Å². The van der Waals surface area contributed by atoms with Crippen molar-refractivity contribution >= 4 is 23.2 Å². The van der Waals surface area contributed by atoms with Gasteiger partial charge in [-0.1, -0.05) is 31.2 Å². The molecule has 0 bridgehead atoms. The maximum absolute atomic E-state index is 12.5. The lowest BCUT2D eigenvalue weighted by atomic mass is 10.1. The van der Waals surface area contributed by atoms with Gasteiger partial charge in [0.25, 0.3) is 11.8 Å². The molecule has 0 saturated heterocycles. The maximum Gasteiger partial charge on any atom is 0.279 e. The van der Waals surface area contributed by atoms with Crippen LogP contribution in [0.5, 0.6) is 5.75 Å². The Morgan fingerprint density at radius 2 is 1.61 bits per heavy atom. The van der Waals surface area contributed by atoms with E-state index < -0.39 is 0 Å². The molecule has 0 spiro atoms. The molecule has 3 N–H and O–H groups in total. The normalized spacial score (nSPS) is 11.6. The van der Waals surface area contributed by atoms with Crippen LogP contribution < -0.4 is 20.3 Å². The first-order valence-corrected chi connectivity index (χ1v) is 9.56. The fraction of sp³-hybridized carbons (Fsp3) is 0.364. The number of hydrogen-bond acceptors (Lipinski definition) is 3. The molecule has 0 saturated carbocycles. The lowest BCUT2D eigenvalue weighted by Crippen LogP contribution is -3.14. The lowest BCUT2D eigenvalue weighted by Gasteiger charge is -2.19. The molecule has 0 radical (unpaired) electrons. The molecular weight excluding hydrogens is 354 g/mol. The summed E-state index contributed by atoms with van der Waals surface area (Å²) in [5.74, 6) is 0.371. The van der Waals surface area contributed by atoms with E-state index in [1.165, 1.54) is 0 Å². The minimum absolute atomic E-state index is 0.0951. The number of para-hydroxylation sites is 2. The number of hydrogen-bond donors (Lipinski definition) is 3. The van der Waals surface area contributed by atoms with Gasteiger partial charge in [0.1, 0.15) is 5.75 Å². The van der Waals surface area contributed by atoms with E-state index in [4.69, 9.17) is 4.74 Å². The summed E-state index contributed by atoms with van der Waals surface area (Å²) in [5, 5.41) is 5.84. The van der Waals surface area contributed by atoms with Crippen molar-refractivity contribution in [3.05, 3.63) is 53.6 Å². The van der Waals surface area contributed by atoms with E-state index in [0.717, 1.165) is 34.7 Å². The van der Waals surface area contributed by atoms with E-state index >= 15 is 0 Å². The highest BCUT2D eigenvalue weighted by atomic mass is 16.5. The number of carbonyl (C=O) groups excluding carboxylic acids is 2. The van der Waals surface area contributed by atoms with Crippen LogP contribution in [0.2, 0.25) is 0 Å². The van der Waals surface area contributed by atoms with Crippen molar-refractivity contribution in [3.8, 4) is 5.75 Å². The average Bonchev–Trinajstić information content (AvgIpc) is 2.65. The molecule has 150 valence electrons. The number of benzene rings is 2. The van der Waals surface area contributed by atoms with E-state index in [9.17, 15) is 9.59 Å². The Hall–Kier alpha value is -2.86. The number of methoxy groups -OCH3 is 1. The quantitative estimate of drug-likeness (QED) is 0.621. The molecule has 2 aromatic rings. The van der Waals surface area contributed by atoms with Crippen LogP contribution >= 0.6 is 0 Å². The van der Waals surface area contributed by atoms with Gasteiger partial charge in [-0.2, -0.15) is 0 Å². The monoisotopic (exact) mass is 384 g/mol. The third-order valence-electron chi connectivity index (χ3n) is 4.47. The molecule has 28 heavy (non-hydrogen) atoms. The third kappa shape index (κ3) is 6.39. The summed E-state index contributed by atoms with van der Waals surface area (Å²) in [6.07, 6.45) is 0.883. The molecule has 1 unspecified atom stereocenters. The summed E-state index contributed by atoms with van der Waals surface area (Å²) in [6, 6.07) is 13.2. The van der Waals surface area contributed by atoms with E-state index in [1.54, 1.807) is 19.2 Å². The standard InChI is InChI=1S/C22H29N3O3/c1-5-12-25(14-21(26)23-18-8-6-7-9-20(18)28-4)15-22(27)24-19-13-16(2)10-11-17(19)3/h6-11,13H,5,12,14-15H2,1-4H3,(H,23,26)(H,24,27)/p+1. The van der Waals surface area contributed by atoms with Crippen LogP contribution in [0, 0.1) is 13.8 Å². The molecule has 0 aromatic heterocycles. The molecule has 6 heteroatoms. The molecule has 0 aliphatic carbocycles. The molecule has 1 atom stereocenters. The van der Waals surface area contributed by atoms with Crippen molar-refractivity contribution in [3.63, 3.8) is 0 Å². The maximum atomic E-state index is 12.5. The van der Waals surface area contributed by atoms with Gasteiger partial charge in [-0.05, 0) is 49.6 Å². The van der Waals surface area contributed by atoms with Crippen molar-refractivity contribution in [1.82, 2.24) is 0 Å². The van der Waals surface area contributed by atoms with Gasteiger partial charge in [0.15, 0.2) is 13.1 Å². The molecule has 2 amide bonds. The van der Waals surface area contributed by atoms with Crippen LogP contribution in [-0.2, 0) is 9.59 Å². The zero-order valence-corrected chi connectivity index (χ0v) is 17.1. The topological polar surface area (TPSA) is 71.9 Å². The summed E-state index contributed by atoms with van der Waals surface area (Å²) >= 11 is 0. The number of quaternary nitrogens is 1. The Morgan fingerprint density at radius 3 is 2.25 bits per heavy atom. The van der Waals surface area contributed by atoms with Gasteiger partial charge in [-0.15, -0.1) is 0 Å². The van der Waals surface area contributed by atoms with Crippen molar-refractivity contribution in [2.24, 2.45) is 0 Å². The summed E-state index contributed by atoms with van der Waals surface area (Å²) in [4.78, 5) is 25.9. The zero-order chi connectivity index (χ0) is 20.5. The molecule has 0 fully saturated rings. The van der Waals surface area contributed by atoms with E-state index in [2.05, 4.69) is 10.6 Å². The average molecular weight is 385 g/mol. The summed E-state index contributed by atoms with van der Waals surface area (Å²) < 4.78 is 5.26. The Bertz CT molecular complexity index is 820. The Balaban J connectivity index is 1.97. The Labute approximate surface area is 166 Å². The van der Waals surface area contributed by atoms with E-state index in [0.29, 0.717) is 11.4 Å². The number of amides is 2. The van der Waals surface area contributed by atoms with Crippen LogP contribution in [-0.4, -0.2) is 38.6 Å². The molecule has 2 aromatic carbocycles. The van der Waals surface area contributed by atoms with Crippen molar-refractivity contribution in [1.29, 1.82) is 0 Å². The van der Waals surface area contributed by atoms with Crippen LogP contribution in [0.3, 0.4) is 0 Å². The molecular formula is C22H30N3O3+. The van der Waals surface area contributed by atoms with Crippen molar-refractivity contribution in [2.75, 3.05) is 37.4 Å². The highest BCUT2D eigenvalue weighted by Crippen LogP contribution is 2.22. The SMILES string of the molecule is CCC[NH+](CC(=O)Nc1cc(C)ccc1C)CC(=O)Nc1ccccc1OC. The minimum atomic E-state index is -0.146. The number of rotatable bonds is 9. The zero-order valence-electron chi connectivity index (χ0n) is 17.1. The predicted octanol–water partition coefficient (Wildman–Crippen LogP) is 2.18. The highest BCUT2D eigenvalue weighted by Gasteiger charge is 2.19. The second-order valence-corrected chi connectivity index (χ2v) is 6.97. The first kappa shape index (κ1) is 21.4. The smallest absolute Gasteiger partial charge is 0.279 e. The molecule has 2 rings (SSSR count). The van der Waals surface area contributed by atoms with Gasteiger partial charge in [-0.3, -0.25) is 9.59 Å². The van der Waals surface area contributed by atoms with Crippen LogP contribution in [0.1, 0.15) is 24.5 Å². The molecule has 0 heterocycles. The number of ether oxygens (including phenoxy) is 1. The largest absolute Gasteiger partial charge is 0.495 e. The predicted molar refractivity (Wildman–Crippen MR) is 112 cm³/mol. The number of nitrogens with one attached hydrogen (secondary N) is 3. The van der Waals surface area contributed by atoms with Gasteiger partial charge < -0.3 is 20.3 Å². The molecule has 6 nitrogen and oxygen atoms in total. The first-order valence-electron chi connectivity index (χ1n) is 9.56. The van der Waals surface area contributed by atoms with Crippen LogP contribution in [0.4, 0.5) is 11.4 Å². The Morgan fingerprint density at radius 1 is 0.964 bits per heavy atom. The van der Waals surface area contributed by atoms with Crippen molar-refractivity contribution in [2.45, 2.75) is 27.2 Å². The van der Waals surface area contributed by atoms with Gasteiger partial charge in [0, 0.05) is 5.69 Å². The van der Waals surface area contributed by atoms with Crippen LogP contribution in [0.15, 0.2) is 42.5 Å². The summed E-state index contributed by atoms with van der Waals surface area (Å²) in [7, 11) is 1.57. The molecule has 0 aliphatic rings. The fourth-order valence-corrected chi connectivity index (χ4v) is 3.05. The van der Waals surface area contributed by atoms with E-state index in [-0.39, 0.29) is 24.9 Å². The third-order valence-corrected chi connectivity index (χ3v) is 4.47. The summed E-state index contributed by atoms with van der Waals surface area (Å²) in [5.41, 5.74) is 3.56. The number of carbonyl (C=O) groups is 2. The minimum Gasteiger partial charge on any atom is -0.495 e. The lowest BCUT2D eigenvalue weighted by molar-refractivity contribution is -0.883. The van der Waals surface area contributed by atoms with Gasteiger partial charge in [-0.25, -0.2) is 0 Å². The fourth-order valence-electron chi connectivity index (χ4n) is 3.05. The highest BCUT2D eigenvalue weighted by molar-refractivity contribution is 5.94. The van der Waals surface area contributed by atoms with Crippen molar-refractivity contribution < 1.29 is 19.2 Å². The number of aryl methyl sites for hydroxylation is 2. The van der Waals surface area contributed by atoms with E-state index in [1.807, 2.05) is 51.1 Å². The molecule has 0 aliphatic heterocycles. The van der Waals surface area contributed by atoms with Crippen LogP contribution in [0.25, 0.3) is 0 Å². The number of anilines is 2. The second-order valence-electron chi connectivity index (χ2n) is 6.97.